The zero-order valence-electron chi connectivity index (χ0n) is 16.0. The number of rotatable bonds is 6. The lowest BCUT2D eigenvalue weighted by Gasteiger charge is -2.19. The molecule has 0 saturated carbocycles. The highest BCUT2D eigenvalue weighted by molar-refractivity contribution is 7.92. The minimum absolute atomic E-state index is 0.0824. The molecule has 0 radical (unpaired) electrons. The normalized spacial score (nSPS) is 11.0. The molecule has 0 heterocycles. The minimum atomic E-state index is -3.74. The van der Waals surface area contributed by atoms with Gasteiger partial charge in [-0.25, -0.2) is 8.42 Å². The number of benzene rings is 3. The smallest absolute Gasteiger partial charge is 0.264 e. The molecule has 3 aromatic carbocycles. The third-order valence-electron chi connectivity index (χ3n) is 4.42. The number of amides is 1. The molecule has 0 aliphatic carbocycles. The van der Waals surface area contributed by atoms with Crippen LogP contribution in [-0.4, -0.2) is 27.2 Å². The van der Waals surface area contributed by atoms with Gasteiger partial charge in [-0.05, 0) is 55.5 Å². The minimum Gasteiger partial charge on any atom is -0.322 e. The molecule has 0 fully saturated rings. The van der Waals surface area contributed by atoms with Crippen molar-refractivity contribution in [3.8, 4) is 0 Å². The highest BCUT2D eigenvalue weighted by atomic mass is 32.2. The van der Waals surface area contributed by atoms with Crippen LogP contribution in [0.5, 0.6) is 0 Å². The Morgan fingerprint density at radius 2 is 1.48 bits per heavy atom. The number of para-hydroxylation sites is 1. The molecule has 1 N–H and O–H groups in total. The van der Waals surface area contributed by atoms with Crippen molar-refractivity contribution in [1.82, 2.24) is 0 Å². The average Bonchev–Trinajstić information content (AvgIpc) is 2.74. The molecule has 0 saturated heterocycles. The first-order valence-corrected chi connectivity index (χ1v) is 10.3. The summed E-state index contributed by atoms with van der Waals surface area (Å²) in [5.41, 5.74) is 1.83. The number of anilines is 2. The number of nitrogens with zero attached hydrogens (tertiary/aromatic N) is 1. The standard InChI is InChI=1S/C22H20N2O4S/c1-16(25)18-7-6-8-19(15-18)23-22(26)17-11-13-21(14-12-17)29(27,28)24(2)20-9-4-3-5-10-20/h3-15H,1-2H3,(H,23,26). The molecule has 3 rings (SSSR count). The van der Waals surface area contributed by atoms with Crippen molar-refractivity contribution in [1.29, 1.82) is 0 Å². The molecule has 0 atom stereocenters. The zero-order valence-corrected chi connectivity index (χ0v) is 16.8. The molecule has 0 aliphatic rings. The second-order valence-corrected chi connectivity index (χ2v) is 8.39. The third kappa shape index (κ3) is 4.52. The molecule has 0 aliphatic heterocycles. The third-order valence-corrected chi connectivity index (χ3v) is 6.22. The van der Waals surface area contributed by atoms with Gasteiger partial charge in [0, 0.05) is 23.9 Å². The highest BCUT2D eigenvalue weighted by Crippen LogP contribution is 2.22. The molecule has 6 nitrogen and oxygen atoms in total. The predicted molar refractivity (Wildman–Crippen MR) is 113 cm³/mol. The lowest BCUT2D eigenvalue weighted by atomic mass is 10.1. The number of hydrogen-bond acceptors (Lipinski definition) is 4. The number of carbonyl (C=O) groups excluding carboxylic acids is 2. The van der Waals surface area contributed by atoms with Crippen molar-refractivity contribution in [2.45, 2.75) is 11.8 Å². The maximum Gasteiger partial charge on any atom is 0.264 e. The van der Waals surface area contributed by atoms with E-state index in [1.165, 1.54) is 42.5 Å². The second-order valence-electron chi connectivity index (χ2n) is 6.42. The van der Waals surface area contributed by atoms with E-state index in [1.807, 2.05) is 6.07 Å². The Labute approximate surface area is 169 Å². The summed E-state index contributed by atoms with van der Waals surface area (Å²) in [6.07, 6.45) is 0. The number of sulfonamides is 1. The Bertz CT molecular complexity index is 1140. The summed E-state index contributed by atoms with van der Waals surface area (Å²) in [6.45, 7) is 1.45. The van der Waals surface area contributed by atoms with Gasteiger partial charge >= 0.3 is 0 Å². The van der Waals surface area contributed by atoms with Gasteiger partial charge in [0.15, 0.2) is 5.78 Å². The fourth-order valence-electron chi connectivity index (χ4n) is 2.73. The van der Waals surface area contributed by atoms with E-state index in [4.69, 9.17) is 0 Å². The van der Waals surface area contributed by atoms with Crippen molar-refractivity contribution < 1.29 is 18.0 Å². The fraction of sp³-hybridized carbons (Fsp3) is 0.0909. The van der Waals surface area contributed by atoms with E-state index >= 15 is 0 Å². The van der Waals surface area contributed by atoms with Gasteiger partial charge in [-0.3, -0.25) is 13.9 Å². The van der Waals surface area contributed by atoms with Crippen LogP contribution in [0.4, 0.5) is 11.4 Å². The van der Waals surface area contributed by atoms with Crippen LogP contribution >= 0.6 is 0 Å². The quantitative estimate of drug-likeness (QED) is 0.626. The predicted octanol–water partition coefficient (Wildman–Crippen LogP) is 3.97. The first kappa shape index (κ1) is 20.3. The van der Waals surface area contributed by atoms with Crippen LogP contribution < -0.4 is 9.62 Å². The van der Waals surface area contributed by atoms with Gasteiger partial charge in [-0.2, -0.15) is 0 Å². The monoisotopic (exact) mass is 408 g/mol. The maximum atomic E-state index is 12.8. The fourth-order valence-corrected chi connectivity index (χ4v) is 3.93. The zero-order chi connectivity index (χ0) is 21.0. The first-order chi connectivity index (χ1) is 13.8. The van der Waals surface area contributed by atoms with E-state index in [2.05, 4.69) is 5.32 Å². The summed E-state index contributed by atoms with van der Waals surface area (Å²) in [5.74, 6) is -0.496. The van der Waals surface area contributed by atoms with E-state index < -0.39 is 15.9 Å². The van der Waals surface area contributed by atoms with Crippen molar-refractivity contribution >= 4 is 33.1 Å². The van der Waals surface area contributed by atoms with Gasteiger partial charge in [-0.15, -0.1) is 0 Å². The van der Waals surface area contributed by atoms with Crippen LogP contribution in [0.25, 0.3) is 0 Å². The number of Topliss-reactive ketones (excluding diaryl/α,β-unsaturated/α-hetero) is 1. The van der Waals surface area contributed by atoms with Gasteiger partial charge in [0.25, 0.3) is 15.9 Å². The lowest BCUT2D eigenvalue weighted by molar-refractivity contribution is 0.101. The lowest BCUT2D eigenvalue weighted by Crippen LogP contribution is -2.26. The van der Waals surface area contributed by atoms with E-state index in [0.29, 0.717) is 22.5 Å². The molecule has 0 bridgehead atoms. The Hall–Kier alpha value is -3.45. The SMILES string of the molecule is CC(=O)c1cccc(NC(=O)c2ccc(S(=O)(=O)N(C)c3ccccc3)cc2)c1. The summed E-state index contributed by atoms with van der Waals surface area (Å²) < 4.78 is 26.8. The molecule has 29 heavy (non-hydrogen) atoms. The van der Waals surface area contributed by atoms with Gasteiger partial charge in [0.1, 0.15) is 0 Å². The Morgan fingerprint density at radius 3 is 2.10 bits per heavy atom. The van der Waals surface area contributed by atoms with Crippen molar-refractivity contribution in [2.75, 3.05) is 16.7 Å². The van der Waals surface area contributed by atoms with Gasteiger partial charge in [0.05, 0.1) is 10.6 Å². The number of ketones is 1. The molecular formula is C22H20N2O4S. The molecule has 1 amide bonds. The largest absolute Gasteiger partial charge is 0.322 e. The summed E-state index contributed by atoms with van der Waals surface area (Å²) in [4.78, 5) is 24.0. The average molecular weight is 408 g/mol. The van der Waals surface area contributed by atoms with Crippen LogP contribution in [0.15, 0.2) is 83.8 Å². The summed E-state index contributed by atoms with van der Waals surface area (Å²) >= 11 is 0. The molecule has 0 spiro atoms. The molecule has 7 heteroatoms. The molecular weight excluding hydrogens is 388 g/mol. The molecule has 148 valence electrons. The number of nitrogens with one attached hydrogen (secondary N) is 1. The van der Waals surface area contributed by atoms with E-state index in [-0.39, 0.29) is 10.7 Å². The Balaban J connectivity index is 1.78. The summed E-state index contributed by atoms with van der Waals surface area (Å²) in [7, 11) is -2.26. The second kappa shape index (κ2) is 8.28. The Kier molecular flexibility index (Phi) is 5.79. The molecule has 0 unspecified atom stereocenters. The highest BCUT2D eigenvalue weighted by Gasteiger charge is 2.21. The van der Waals surface area contributed by atoms with Crippen LogP contribution in [0.1, 0.15) is 27.6 Å². The van der Waals surface area contributed by atoms with Gasteiger partial charge in [-0.1, -0.05) is 30.3 Å². The van der Waals surface area contributed by atoms with Crippen LogP contribution in [0.3, 0.4) is 0 Å². The topological polar surface area (TPSA) is 83.5 Å². The van der Waals surface area contributed by atoms with Crippen molar-refractivity contribution in [3.63, 3.8) is 0 Å². The van der Waals surface area contributed by atoms with Gasteiger partial charge in [0.2, 0.25) is 0 Å². The first-order valence-electron chi connectivity index (χ1n) is 8.85. The van der Waals surface area contributed by atoms with E-state index in [9.17, 15) is 18.0 Å². The van der Waals surface area contributed by atoms with Gasteiger partial charge < -0.3 is 5.32 Å². The van der Waals surface area contributed by atoms with E-state index in [0.717, 1.165) is 0 Å². The number of carbonyl (C=O) groups is 2. The van der Waals surface area contributed by atoms with Crippen molar-refractivity contribution in [2.24, 2.45) is 0 Å². The maximum absolute atomic E-state index is 12.8. The molecule has 0 aromatic heterocycles. The van der Waals surface area contributed by atoms with Crippen LogP contribution in [0.2, 0.25) is 0 Å². The summed E-state index contributed by atoms with van der Waals surface area (Å²) in [5, 5.41) is 2.71. The van der Waals surface area contributed by atoms with Crippen molar-refractivity contribution in [3.05, 3.63) is 90.0 Å². The number of hydrogen-bond donors (Lipinski definition) is 1. The van der Waals surface area contributed by atoms with Crippen LogP contribution in [0, 0.1) is 0 Å². The Morgan fingerprint density at radius 1 is 0.828 bits per heavy atom. The van der Waals surface area contributed by atoms with E-state index in [1.54, 1.807) is 48.5 Å². The van der Waals surface area contributed by atoms with Crippen LogP contribution in [-0.2, 0) is 10.0 Å². The summed E-state index contributed by atoms with van der Waals surface area (Å²) in [6, 6.07) is 21.1. The molecule has 3 aromatic rings.